The van der Waals surface area contributed by atoms with Gasteiger partial charge in [0.2, 0.25) is 12.2 Å². The number of amides is 2. The lowest BCUT2D eigenvalue weighted by Gasteiger charge is -2.19. The minimum atomic E-state index is -4.64. The highest BCUT2D eigenvalue weighted by atomic mass is 35.5. The normalized spacial score (nSPS) is 13.1. The monoisotopic (exact) mass is 591 g/mol. The number of phenolic OH excluding ortho intramolecular Hbond substituents is 1. The first kappa shape index (κ1) is 31.2. The van der Waals surface area contributed by atoms with Crippen molar-refractivity contribution >= 4 is 58.9 Å². The number of benzene rings is 2. The second-order valence-electron chi connectivity index (χ2n) is 7.75. The number of phenols is 1. The Morgan fingerprint density at radius 1 is 1.18 bits per heavy atom. The summed E-state index contributed by atoms with van der Waals surface area (Å²) in [6.07, 6.45) is -6.23. The number of aliphatic imine (C=N–C) groups is 1. The number of carboxylic acid groups (broad SMARTS) is 1. The molecule has 0 saturated carbocycles. The summed E-state index contributed by atoms with van der Waals surface area (Å²) in [7, 11) is 0. The van der Waals surface area contributed by atoms with E-state index in [1.807, 2.05) is 0 Å². The van der Waals surface area contributed by atoms with E-state index >= 15 is 0 Å². The number of rotatable bonds is 8. The molecular formula is C23H22Cl2F3N5O6. The van der Waals surface area contributed by atoms with Crippen LogP contribution in [0.2, 0.25) is 10.0 Å². The van der Waals surface area contributed by atoms with Crippen molar-refractivity contribution in [3.05, 3.63) is 57.6 Å². The van der Waals surface area contributed by atoms with Crippen LogP contribution < -0.4 is 21.3 Å². The van der Waals surface area contributed by atoms with Gasteiger partial charge >= 0.3 is 12.1 Å². The van der Waals surface area contributed by atoms with Gasteiger partial charge in [-0.25, -0.2) is 0 Å². The second-order valence-corrected chi connectivity index (χ2v) is 8.59. The van der Waals surface area contributed by atoms with E-state index in [0.717, 1.165) is 6.54 Å². The number of aromatic hydroxyl groups is 1. The van der Waals surface area contributed by atoms with Crippen molar-refractivity contribution in [3.63, 3.8) is 0 Å². The molecule has 0 bridgehead atoms. The van der Waals surface area contributed by atoms with Crippen LogP contribution >= 0.6 is 23.2 Å². The Morgan fingerprint density at radius 3 is 2.46 bits per heavy atom. The zero-order chi connectivity index (χ0) is 29.2. The molecule has 0 aliphatic carbocycles. The van der Waals surface area contributed by atoms with Gasteiger partial charge in [-0.1, -0.05) is 29.3 Å². The van der Waals surface area contributed by atoms with Crippen LogP contribution in [0, 0.1) is 0 Å². The summed E-state index contributed by atoms with van der Waals surface area (Å²) in [5.74, 6) is -2.16. The zero-order valence-corrected chi connectivity index (χ0v) is 21.3. The summed E-state index contributed by atoms with van der Waals surface area (Å²) in [6, 6.07) is 8.13. The fraction of sp³-hybridized carbons (Fsp3) is 0.261. The first-order valence-electron chi connectivity index (χ1n) is 10.9. The van der Waals surface area contributed by atoms with E-state index in [2.05, 4.69) is 26.3 Å². The molecule has 1 atom stereocenters. The van der Waals surface area contributed by atoms with Crippen LogP contribution in [-0.4, -0.2) is 66.1 Å². The largest absolute Gasteiger partial charge is 0.506 e. The van der Waals surface area contributed by atoms with Crippen molar-refractivity contribution in [2.75, 3.05) is 25.0 Å². The molecule has 39 heavy (non-hydrogen) atoms. The van der Waals surface area contributed by atoms with Crippen molar-refractivity contribution in [1.82, 2.24) is 16.0 Å². The molecule has 0 saturated heterocycles. The van der Waals surface area contributed by atoms with Crippen LogP contribution in [-0.2, 0) is 14.4 Å². The molecule has 0 aromatic heterocycles. The maximum absolute atomic E-state index is 12.5. The fourth-order valence-electron chi connectivity index (χ4n) is 3.13. The van der Waals surface area contributed by atoms with Crippen LogP contribution in [0.1, 0.15) is 28.4 Å². The Balaban J connectivity index is 0.000000798. The maximum atomic E-state index is 12.5. The molecule has 0 fully saturated rings. The number of guanidine groups is 1. The topological polar surface area (TPSA) is 169 Å². The van der Waals surface area contributed by atoms with E-state index in [9.17, 15) is 37.8 Å². The molecule has 2 aromatic carbocycles. The summed E-state index contributed by atoms with van der Waals surface area (Å²) < 4.78 is 31.2. The number of nitrogens with one attached hydrogen (secondary N) is 4. The number of hydrogen-bond donors (Lipinski definition) is 6. The molecule has 16 heteroatoms. The Hall–Kier alpha value is -4.04. The number of carboxylic acids is 1. The van der Waals surface area contributed by atoms with Gasteiger partial charge in [-0.15, -0.1) is 0 Å². The molecule has 1 heterocycles. The molecule has 2 aromatic rings. The first-order chi connectivity index (χ1) is 18.3. The Kier molecular flexibility index (Phi) is 11.4. The number of carbonyl (C=O) groups excluding carboxylic acids is 3. The molecule has 1 aliphatic heterocycles. The number of nitrogens with zero attached hydrogens (tertiary/aromatic N) is 1. The zero-order valence-electron chi connectivity index (χ0n) is 19.8. The Morgan fingerprint density at radius 2 is 1.87 bits per heavy atom. The lowest BCUT2D eigenvalue weighted by molar-refractivity contribution is -0.156. The summed E-state index contributed by atoms with van der Waals surface area (Å²) in [5.41, 5.74) is 1.01. The number of halogens is 5. The van der Waals surface area contributed by atoms with E-state index in [1.165, 1.54) is 12.1 Å². The molecular weight excluding hydrogens is 570 g/mol. The van der Waals surface area contributed by atoms with Gasteiger partial charge in [0.1, 0.15) is 5.75 Å². The van der Waals surface area contributed by atoms with Gasteiger partial charge in [0, 0.05) is 28.4 Å². The quantitative estimate of drug-likeness (QED) is 0.254. The van der Waals surface area contributed by atoms with Gasteiger partial charge in [-0.05, 0) is 30.3 Å². The molecule has 11 nitrogen and oxygen atoms in total. The molecule has 3 rings (SSSR count). The summed E-state index contributed by atoms with van der Waals surface area (Å²) in [5, 5.41) is 30.5. The number of anilines is 1. The van der Waals surface area contributed by atoms with E-state index in [-0.39, 0.29) is 21.4 Å². The highest BCUT2D eigenvalue weighted by molar-refractivity contribution is 6.35. The van der Waals surface area contributed by atoms with Crippen molar-refractivity contribution in [2.45, 2.75) is 18.6 Å². The number of carbonyl (C=O) groups is 4. The second kappa shape index (κ2) is 14.2. The standard InChI is InChI=1S/C21H21Cl2N5O5.C2HF3O/c22-12-7-14(19(32)15(23)8-12)16(9-18(30)31)28-17(29)10-26-20(33)11-2-1-3-13(6-11)27-21-24-4-5-25-21;3-2(4,5)1-6/h1-3,6-8,16,32H,4-5,9-10H2,(H,26,33)(H,28,29)(H,30,31)(H2,24,25,27);1H/t16-;/m1./s1. The third-order valence-electron chi connectivity index (χ3n) is 4.75. The van der Waals surface area contributed by atoms with E-state index in [4.69, 9.17) is 28.0 Å². The summed E-state index contributed by atoms with van der Waals surface area (Å²) in [6.45, 7) is 0.981. The smallest absolute Gasteiger partial charge is 0.446 e. The number of alkyl halides is 3. The van der Waals surface area contributed by atoms with Gasteiger partial charge in [0.25, 0.3) is 5.91 Å². The lowest BCUT2D eigenvalue weighted by Crippen LogP contribution is -2.39. The lowest BCUT2D eigenvalue weighted by atomic mass is 10.0. The van der Waals surface area contributed by atoms with Gasteiger partial charge in [0.15, 0.2) is 5.96 Å². The van der Waals surface area contributed by atoms with Gasteiger partial charge < -0.3 is 31.5 Å². The highest BCUT2D eigenvalue weighted by Crippen LogP contribution is 2.36. The van der Waals surface area contributed by atoms with Crippen molar-refractivity contribution in [2.24, 2.45) is 4.99 Å². The molecule has 0 spiro atoms. The van der Waals surface area contributed by atoms with Crippen LogP contribution in [0.5, 0.6) is 5.75 Å². The molecule has 0 radical (unpaired) electrons. The third kappa shape index (κ3) is 10.7. The Bertz CT molecular complexity index is 1260. The number of hydrogen-bond acceptors (Lipinski definition) is 8. The maximum Gasteiger partial charge on any atom is 0.446 e. The van der Waals surface area contributed by atoms with E-state index in [1.54, 1.807) is 24.3 Å². The first-order valence-corrected chi connectivity index (χ1v) is 11.7. The molecule has 1 aliphatic rings. The third-order valence-corrected chi connectivity index (χ3v) is 5.26. The van der Waals surface area contributed by atoms with Gasteiger partial charge in [-0.3, -0.25) is 24.2 Å². The Labute approximate surface area is 229 Å². The average Bonchev–Trinajstić information content (AvgIpc) is 3.37. The number of aldehydes is 1. The highest BCUT2D eigenvalue weighted by Gasteiger charge is 2.25. The van der Waals surface area contributed by atoms with Crippen molar-refractivity contribution in [3.8, 4) is 5.75 Å². The van der Waals surface area contributed by atoms with Crippen molar-refractivity contribution in [1.29, 1.82) is 0 Å². The van der Waals surface area contributed by atoms with Gasteiger partial charge in [-0.2, -0.15) is 13.2 Å². The molecule has 0 unspecified atom stereocenters. The summed E-state index contributed by atoms with van der Waals surface area (Å²) >= 11 is 11.9. The minimum Gasteiger partial charge on any atom is -0.506 e. The fourth-order valence-corrected chi connectivity index (χ4v) is 3.64. The van der Waals surface area contributed by atoms with Crippen LogP contribution in [0.3, 0.4) is 0 Å². The van der Waals surface area contributed by atoms with Crippen LogP contribution in [0.25, 0.3) is 0 Å². The summed E-state index contributed by atoms with van der Waals surface area (Å²) in [4.78, 5) is 49.1. The molecule has 210 valence electrons. The number of aliphatic carboxylic acids is 1. The molecule has 2 amide bonds. The van der Waals surface area contributed by atoms with Crippen LogP contribution in [0.15, 0.2) is 41.4 Å². The predicted molar refractivity (Wildman–Crippen MR) is 136 cm³/mol. The predicted octanol–water partition coefficient (Wildman–Crippen LogP) is 2.88. The van der Waals surface area contributed by atoms with Crippen molar-refractivity contribution < 1.29 is 42.6 Å². The minimum absolute atomic E-state index is 0.0526. The van der Waals surface area contributed by atoms with Crippen LogP contribution in [0.4, 0.5) is 18.9 Å². The van der Waals surface area contributed by atoms with E-state index in [0.29, 0.717) is 23.8 Å². The average molecular weight is 592 g/mol. The SMILES string of the molecule is O=C(O)C[C@@H](NC(=O)CNC(=O)c1cccc(NC2=NCCN2)c1)c1cc(Cl)cc(Cl)c1O.O=CC(F)(F)F. The van der Waals surface area contributed by atoms with Gasteiger partial charge in [0.05, 0.1) is 30.6 Å². The van der Waals surface area contributed by atoms with E-state index < -0.39 is 49.3 Å². The molecule has 6 N–H and O–H groups in total.